The van der Waals surface area contributed by atoms with E-state index in [-0.39, 0.29) is 50.0 Å². The predicted molar refractivity (Wildman–Crippen MR) is 114 cm³/mol. The minimum absolute atomic E-state index is 0.0234. The van der Waals surface area contributed by atoms with Crippen LogP contribution in [0.15, 0.2) is 65.6 Å². The maximum atomic E-state index is 12.7. The van der Waals surface area contributed by atoms with E-state index in [0.717, 1.165) is 0 Å². The van der Waals surface area contributed by atoms with Crippen molar-refractivity contribution in [2.45, 2.75) is 24.3 Å². The van der Waals surface area contributed by atoms with Crippen LogP contribution in [0.5, 0.6) is 5.75 Å². The van der Waals surface area contributed by atoms with Crippen LogP contribution in [0.3, 0.4) is 0 Å². The van der Waals surface area contributed by atoms with Crippen LogP contribution >= 0.6 is 0 Å². The lowest BCUT2D eigenvalue weighted by Crippen LogP contribution is -2.52. The Balaban J connectivity index is 1.44. The van der Waals surface area contributed by atoms with E-state index in [9.17, 15) is 18.0 Å². The molecule has 1 fully saturated rings. The molecule has 1 saturated heterocycles. The molecule has 0 aromatic heterocycles. The maximum absolute atomic E-state index is 12.7. The predicted octanol–water partition coefficient (Wildman–Crippen LogP) is 1.92. The van der Waals surface area contributed by atoms with Gasteiger partial charge in [-0.3, -0.25) is 9.59 Å². The second-order valence-corrected chi connectivity index (χ2v) is 9.02. The normalized spacial score (nSPS) is 15.8. The smallest absolute Gasteiger partial charge is 0.310 e. The van der Waals surface area contributed by atoms with Crippen LogP contribution in [-0.4, -0.2) is 68.4 Å². The largest absolute Gasteiger partial charge is 0.493 e. The molecule has 0 aliphatic carbocycles. The van der Waals surface area contributed by atoms with Crippen LogP contribution in [0.1, 0.15) is 13.3 Å². The lowest BCUT2D eigenvalue weighted by Gasteiger charge is -2.35. The number of carbonyl (C=O) groups is 2. The summed E-state index contributed by atoms with van der Waals surface area (Å²) in [5.74, 6) is -0.209. The van der Waals surface area contributed by atoms with E-state index >= 15 is 0 Å². The summed E-state index contributed by atoms with van der Waals surface area (Å²) < 4.78 is 37.4. The van der Waals surface area contributed by atoms with Crippen LogP contribution in [0.2, 0.25) is 0 Å². The average molecular weight is 447 g/mol. The third-order valence-corrected chi connectivity index (χ3v) is 6.82. The Morgan fingerprint density at radius 3 is 2.13 bits per heavy atom. The van der Waals surface area contributed by atoms with Crippen molar-refractivity contribution in [3.8, 4) is 5.75 Å². The number of nitrogens with zero attached hydrogens (tertiary/aromatic N) is 2. The quantitative estimate of drug-likeness (QED) is 0.575. The van der Waals surface area contributed by atoms with Crippen molar-refractivity contribution in [3.05, 3.63) is 60.7 Å². The number of para-hydroxylation sites is 1. The molecule has 0 radical (unpaired) electrons. The molecule has 1 atom stereocenters. The number of piperazine rings is 1. The molecule has 8 nitrogen and oxygen atoms in total. The molecular weight excluding hydrogens is 420 g/mol. The molecule has 31 heavy (non-hydrogen) atoms. The Bertz CT molecular complexity index is 974. The van der Waals surface area contributed by atoms with E-state index < -0.39 is 22.1 Å². The second-order valence-electron chi connectivity index (χ2n) is 7.09. The SMILES string of the molecule is C[C@H](OC(=O)CCOc1ccccc1)C(=O)N1CCN(S(=O)(=O)c2ccccc2)CC1. The van der Waals surface area contributed by atoms with Gasteiger partial charge in [0.1, 0.15) is 5.75 Å². The molecule has 0 spiro atoms. The molecule has 1 aliphatic heterocycles. The van der Waals surface area contributed by atoms with E-state index in [2.05, 4.69) is 0 Å². The molecule has 2 aromatic rings. The number of hydrogen-bond acceptors (Lipinski definition) is 6. The van der Waals surface area contributed by atoms with Gasteiger partial charge in [-0.2, -0.15) is 4.31 Å². The number of carbonyl (C=O) groups excluding carboxylic acids is 2. The molecule has 0 N–H and O–H groups in total. The van der Waals surface area contributed by atoms with Crippen molar-refractivity contribution in [2.75, 3.05) is 32.8 Å². The van der Waals surface area contributed by atoms with Gasteiger partial charge >= 0.3 is 5.97 Å². The van der Waals surface area contributed by atoms with Crippen molar-refractivity contribution in [1.29, 1.82) is 0 Å². The van der Waals surface area contributed by atoms with Gasteiger partial charge in [-0.05, 0) is 31.2 Å². The second kappa shape index (κ2) is 10.4. The first-order chi connectivity index (χ1) is 14.9. The van der Waals surface area contributed by atoms with E-state index in [1.54, 1.807) is 42.5 Å². The lowest BCUT2D eigenvalue weighted by molar-refractivity contribution is -0.160. The molecule has 1 amide bonds. The van der Waals surface area contributed by atoms with Crippen molar-refractivity contribution in [2.24, 2.45) is 0 Å². The molecule has 0 unspecified atom stereocenters. The summed E-state index contributed by atoms with van der Waals surface area (Å²) in [6, 6.07) is 17.3. The molecule has 9 heteroatoms. The lowest BCUT2D eigenvalue weighted by atomic mass is 10.3. The fourth-order valence-corrected chi connectivity index (χ4v) is 4.67. The van der Waals surface area contributed by atoms with E-state index in [0.29, 0.717) is 5.75 Å². The van der Waals surface area contributed by atoms with Gasteiger partial charge in [-0.25, -0.2) is 8.42 Å². The van der Waals surface area contributed by atoms with Gasteiger partial charge in [0.25, 0.3) is 5.91 Å². The standard InChI is InChI=1S/C22H26N2O6S/c1-18(30-21(25)12-17-29-19-8-4-2-5-9-19)22(26)23-13-15-24(16-14-23)31(27,28)20-10-6-3-7-11-20/h2-11,18H,12-17H2,1H3/t18-/m0/s1. The number of benzene rings is 2. The fraction of sp³-hybridized carbons (Fsp3) is 0.364. The Morgan fingerprint density at radius 1 is 0.935 bits per heavy atom. The summed E-state index contributed by atoms with van der Waals surface area (Å²) in [4.78, 5) is 26.4. The highest BCUT2D eigenvalue weighted by molar-refractivity contribution is 7.89. The zero-order valence-electron chi connectivity index (χ0n) is 17.3. The number of amides is 1. The summed E-state index contributed by atoms with van der Waals surface area (Å²) in [6.07, 6.45) is -0.920. The first-order valence-corrected chi connectivity index (χ1v) is 11.5. The Hall–Kier alpha value is -2.91. The number of ether oxygens (including phenoxy) is 2. The first kappa shape index (κ1) is 22.8. The zero-order chi connectivity index (χ0) is 22.3. The highest BCUT2D eigenvalue weighted by Gasteiger charge is 2.32. The molecular formula is C22H26N2O6S. The highest BCUT2D eigenvalue weighted by Crippen LogP contribution is 2.18. The zero-order valence-corrected chi connectivity index (χ0v) is 18.2. The number of esters is 1. The number of rotatable bonds is 8. The van der Waals surface area contributed by atoms with Crippen LogP contribution in [0.25, 0.3) is 0 Å². The van der Waals surface area contributed by atoms with Crippen molar-refractivity contribution in [1.82, 2.24) is 9.21 Å². The van der Waals surface area contributed by atoms with Gasteiger partial charge in [0, 0.05) is 26.2 Å². The van der Waals surface area contributed by atoms with Crippen LogP contribution < -0.4 is 4.74 Å². The van der Waals surface area contributed by atoms with Gasteiger partial charge in [0.15, 0.2) is 6.10 Å². The summed E-state index contributed by atoms with van der Waals surface area (Å²) in [5.41, 5.74) is 0. The van der Waals surface area contributed by atoms with Gasteiger partial charge in [0.05, 0.1) is 17.9 Å². The Kier molecular flexibility index (Phi) is 7.64. The Morgan fingerprint density at radius 2 is 1.52 bits per heavy atom. The number of hydrogen-bond donors (Lipinski definition) is 0. The molecule has 166 valence electrons. The third kappa shape index (κ3) is 6.05. The van der Waals surface area contributed by atoms with E-state index in [4.69, 9.17) is 9.47 Å². The van der Waals surface area contributed by atoms with Crippen LogP contribution in [-0.2, 0) is 24.3 Å². The minimum atomic E-state index is -3.59. The van der Waals surface area contributed by atoms with Crippen LogP contribution in [0, 0.1) is 0 Å². The van der Waals surface area contributed by atoms with E-state index in [1.165, 1.54) is 16.1 Å². The average Bonchev–Trinajstić information content (AvgIpc) is 2.80. The highest BCUT2D eigenvalue weighted by atomic mass is 32.2. The molecule has 3 rings (SSSR count). The monoisotopic (exact) mass is 446 g/mol. The van der Waals surface area contributed by atoms with Crippen molar-refractivity contribution >= 4 is 21.9 Å². The van der Waals surface area contributed by atoms with E-state index in [1.807, 2.05) is 18.2 Å². The number of sulfonamides is 1. The topological polar surface area (TPSA) is 93.2 Å². The summed E-state index contributed by atoms with van der Waals surface area (Å²) in [5, 5.41) is 0. The first-order valence-electron chi connectivity index (χ1n) is 10.1. The summed E-state index contributed by atoms with van der Waals surface area (Å²) >= 11 is 0. The Labute approximate surface area is 182 Å². The van der Waals surface area contributed by atoms with Gasteiger partial charge in [-0.15, -0.1) is 0 Å². The fourth-order valence-electron chi connectivity index (χ4n) is 3.22. The van der Waals surface area contributed by atoms with Gasteiger partial charge in [-0.1, -0.05) is 36.4 Å². The molecule has 1 aliphatic rings. The minimum Gasteiger partial charge on any atom is -0.493 e. The molecule has 0 bridgehead atoms. The van der Waals surface area contributed by atoms with Gasteiger partial charge < -0.3 is 14.4 Å². The summed E-state index contributed by atoms with van der Waals surface area (Å²) in [7, 11) is -3.59. The van der Waals surface area contributed by atoms with Crippen molar-refractivity contribution < 1.29 is 27.5 Å². The molecule has 0 saturated carbocycles. The van der Waals surface area contributed by atoms with Gasteiger partial charge in [0.2, 0.25) is 10.0 Å². The maximum Gasteiger partial charge on any atom is 0.310 e. The van der Waals surface area contributed by atoms with Crippen LogP contribution in [0.4, 0.5) is 0 Å². The molecule has 1 heterocycles. The molecule has 2 aromatic carbocycles. The van der Waals surface area contributed by atoms with Crippen molar-refractivity contribution in [3.63, 3.8) is 0 Å². The third-order valence-electron chi connectivity index (χ3n) is 4.91. The summed E-state index contributed by atoms with van der Waals surface area (Å²) in [6.45, 7) is 2.53.